The molecule has 0 amide bonds. The molecule has 1 fully saturated rings. The molecule has 1 heterocycles. The first kappa shape index (κ1) is 16.4. The molecule has 1 aromatic carbocycles. The molecule has 1 aliphatic heterocycles. The van der Waals surface area contributed by atoms with Crippen molar-refractivity contribution in [3.8, 4) is 0 Å². The number of sulfonamides is 1. The monoisotopic (exact) mass is 312 g/mol. The smallest absolute Gasteiger partial charge is 0.243 e. The summed E-state index contributed by atoms with van der Waals surface area (Å²) in [6.07, 6.45) is 0.725. The molecular weight excluding hydrogens is 288 g/mol. The summed E-state index contributed by atoms with van der Waals surface area (Å²) in [7, 11) is -3.46. The van der Waals surface area contributed by atoms with Crippen molar-refractivity contribution >= 4 is 10.0 Å². The van der Waals surface area contributed by atoms with Gasteiger partial charge >= 0.3 is 0 Å². The molecule has 2 rings (SSSR count). The van der Waals surface area contributed by atoms with Gasteiger partial charge in [0.2, 0.25) is 10.0 Å². The van der Waals surface area contributed by atoms with Crippen LogP contribution in [0.3, 0.4) is 0 Å². The van der Waals surface area contributed by atoms with Gasteiger partial charge in [-0.25, -0.2) is 8.42 Å². The molecule has 0 aliphatic carbocycles. The van der Waals surface area contributed by atoms with Crippen LogP contribution in [-0.4, -0.2) is 44.1 Å². The largest absolute Gasteiger partial charge is 0.396 e. The second-order valence-electron chi connectivity index (χ2n) is 5.55. The van der Waals surface area contributed by atoms with E-state index < -0.39 is 10.0 Å². The van der Waals surface area contributed by atoms with Gasteiger partial charge in [0.05, 0.1) is 4.90 Å². The maximum Gasteiger partial charge on any atom is 0.243 e. The normalized spacial score (nSPS) is 21.6. The Labute approximate surface area is 127 Å². The number of nitrogens with zero attached hydrogens (tertiary/aromatic N) is 1. The third-order valence-electron chi connectivity index (χ3n) is 4.01. The van der Waals surface area contributed by atoms with E-state index >= 15 is 0 Å². The molecule has 1 saturated heterocycles. The lowest BCUT2D eigenvalue weighted by Gasteiger charge is -2.18. The van der Waals surface area contributed by atoms with Crippen LogP contribution in [0.1, 0.15) is 31.9 Å². The molecule has 2 N–H and O–H groups in total. The van der Waals surface area contributed by atoms with Crippen LogP contribution >= 0.6 is 0 Å². The molecule has 1 aromatic rings. The van der Waals surface area contributed by atoms with Crippen molar-refractivity contribution in [3.63, 3.8) is 0 Å². The van der Waals surface area contributed by atoms with Crippen molar-refractivity contribution in [1.82, 2.24) is 9.62 Å². The molecule has 0 saturated carbocycles. The van der Waals surface area contributed by atoms with Crippen molar-refractivity contribution < 1.29 is 13.5 Å². The van der Waals surface area contributed by atoms with Crippen LogP contribution in [-0.2, 0) is 10.0 Å². The Morgan fingerprint density at radius 1 is 1.48 bits per heavy atom. The van der Waals surface area contributed by atoms with Gasteiger partial charge in [0.25, 0.3) is 0 Å². The van der Waals surface area contributed by atoms with E-state index in [1.807, 2.05) is 19.9 Å². The number of aliphatic hydroxyl groups excluding tert-OH is 1. The van der Waals surface area contributed by atoms with E-state index in [0.29, 0.717) is 18.0 Å². The van der Waals surface area contributed by atoms with E-state index in [2.05, 4.69) is 5.32 Å². The topological polar surface area (TPSA) is 69.6 Å². The highest BCUT2D eigenvalue weighted by molar-refractivity contribution is 7.89. The SMILES string of the molecule is CCNC(C)c1cccc(S(=O)(=O)N2CCC(CO)C2)c1. The summed E-state index contributed by atoms with van der Waals surface area (Å²) >= 11 is 0. The van der Waals surface area contributed by atoms with Crippen molar-refractivity contribution in [2.45, 2.75) is 31.2 Å². The summed E-state index contributed by atoms with van der Waals surface area (Å²) in [6, 6.07) is 7.23. The summed E-state index contributed by atoms with van der Waals surface area (Å²) < 4.78 is 26.8. The van der Waals surface area contributed by atoms with Gasteiger partial charge in [-0.1, -0.05) is 19.1 Å². The second-order valence-corrected chi connectivity index (χ2v) is 7.49. The third kappa shape index (κ3) is 3.63. The van der Waals surface area contributed by atoms with E-state index in [4.69, 9.17) is 5.11 Å². The van der Waals surface area contributed by atoms with E-state index in [-0.39, 0.29) is 18.6 Å². The Morgan fingerprint density at radius 3 is 2.86 bits per heavy atom. The van der Waals surface area contributed by atoms with E-state index in [1.165, 1.54) is 4.31 Å². The molecule has 5 nitrogen and oxygen atoms in total. The second kappa shape index (κ2) is 6.87. The van der Waals surface area contributed by atoms with Crippen molar-refractivity contribution in [2.75, 3.05) is 26.2 Å². The Bertz CT molecular complexity index is 574. The highest BCUT2D eigenvalue weighted by Gasteiger charge is 2.32. The first-order valence-corrected chi connectivity index (χ1v) is 8.87. The predicted octanol–water partition coefficient (Wildman–Crippen LogP) is 1.36. The van der Waals surface area contributed by atoms with Gasteiger partial charge in [-0.2, -0.15) is 4.31 Å². The fourth-order valence-corrected chi connectivity index (χ4v) is 4.27. The zero-order valence-corrected chi connectivity index (χ0v) is 13.4. The van der Waals surface area contributed by atoms with Crippen molar-refractivity contribution in [3.05, 3.63) is 29.8 Å². The minimum Gasteiger partial charge on any atom is -0.396 e. The lowest BCUT2D eigenvalue weighted by molar-refractivity contribution is 0.233. The van der Waals surface area contributed by atoms with E-state index in [1.54, 1.807) is 18.2 Å². The lowest BCUT2D eigenvalue weighted by atomic mass is 10.1. The quantitative estimate of drug-likeness (QED) is 0.832. The number of benzene rings is 1. The van der Waals surface area contributed by atoms with Crippen LogP contribution in [0.4, 0.5) is 0 Å². The van der Waals surface area contributed by atoms with Gasteiger partial charge < -0.3 is 10.4 Å². The molecule has 118 valence electrons. The summed E-state index contributed by atoms with van der Waals surface area (Å²) in [5.74, 6) is 0.0589. The minimum absolute atomic E-state index is 0.0452. The Kier molecular flexibility index (Phi) is 5.37. The van der Waals surface area contributed by atoms with Gasteiger partial charge in [0, 0.05) is 25.7 Å². The number of rotatable bonds is 6. The summed E-state index contributed by atoms with van der Waals surface area (Å²) in [5.41, 5.74) is 0.968. The Morgan fingerprint density at radius 2 is 2.24 bits per heavy atom. The van der Waals surface area contributed by atoms with E-state index in [0.717, 1.165) is 18.5 Å². The molecule has 2 unspecified atom stereocenters. The third-order valence-corrected chi connectivity index (χ3v) is 5.87. The minimum atomic E-state index is -3.46. The van der Waals surface area contributed by atoms with Crippen LogP contribution in [0, 0.1) is 5.92 Å². The van der Waals surface area contributed by atoms with E-state index in [9.17, 15) is 8.42 Å². The van der Waals surface area contributed by atoms with Gasteiger partial charge in [-0.3, -0.25) is 0 Å². The summed E-state index contributed by atoms with van der Waals surface area (Å²) in [5, 5.41) is 12.5. The highest BCUT2D eigenvalue weighted by atomic mass is 32.2. The van der Waals surface area contributed by atoms with Crippen LogP contribution in [0.15, 0.2) is 29.2 Å². The molecule has 1 aliphatic rings. The van der Waals surface area contributed by atoms with Gasteiger partial charge in [0.1, 0.15) is 0 Å². The van der Waals surface area contributed by atoms with Crippen LogP contribution < -0.4 is 5.32 Å². The zero-order valence-electron chi connectivity index (χ0n) is 12.6. The molecule has 0 spiro atoms. The molecule has 2 atom stereocenters. The first-order chi connectivity index (χ1) is 9.98. The fourth-order valence-electron chi connectivity index (χ4n) is 2.68. The molecule has 0 bridgehead atoms. The van der Waals surface area contributed by atoms with Crippen LogP contribution in [0.25, 0.3) is 0 Å². The van der Waals surface area contributed by atoms with Crippen LogP contribution in [0.2, 0.25) is 0 Å². The summed E-state index contributed by atoms with van der Waals surface area (Å²) in [6.45, 7) is 5.82. The Hall–Kier alpha value is -0.950. The maximum absolute atomic E-state index is 12.7. The molecule has 0 radical (unpaired) electrons. The average Bonchev–Trinajstić information content (AvgIpc) is 2.97. The Balaban J connectivity index is 2.22. The van der Waals surface area contributed by atoms with Gasteiger partial charge in [-0.15, -0.1) is 0 Å². The van der Waals surface area contributed by atoms with Gasteiger partial charge in [0.15, 0.2) is 0 Å². The zero-order chi connectivity index (χ0) is 15.5. The van der Waals surface area contributed by atoms with Crippen molar-refractivity contribution in [1.29, 1.82) is 0 Å². The molecular formula is C15H24N2O3S. The van der Waals surface area contributed by atoms with Crippen LogP contribution in [0.5, 0.6) is 0 Å². The first-order valence-electron chi connectivity index (χ1n) is 7.43. The van der Waals surface area contributed by atoms with Gasteiger partial charge in [-0.05, 0) is 43.5 Å². The highest BCUT2D eigenvalue weighted by Crippen LogP contribution is 2.25. The maximum atomic E-state index is 12.7. The number of nitrogens with one attached hydrogen (secondary N) is 1. The number of hydrogen-bond donors (Lipinski definition) is 2. The average molecular weight is 312 g/mol. The number of aliphatic hydroxyl groups is 1. The predicted molar refractivity (Wildman–Crippen MR) is 82.5 cm³/mol. The molecule has 6 heteroatoms. The standard InChI is InChI=1S/C15H24N2O3S/c1-3-16-12(2)14-5-4-6-15(9-14)21(19,20)17-8-7-13(10-17)11-18/h4-6,9,12-13,16,18H,3,7-8,10-11H2,1-2H3. The van der Waals surface area contributed by atoms with Crippen molar-refractivity contribution in [2.24, 2.45) is 5.92 Å². The number of hydrogen-bond acceptors (Lipinski definition) is 4. The lowest BCUT2D eigenvalue weighted by Crippen LogP contribution is -2.29. The molecule has 0 aromatic heterocycles. The molecule has 21 heavy (non-hydrogen) atoms. The summed E-state index contributed by atoms with van der Waals surface area (Å²) in [4.78, 5) is 0.336. The fraction of sp³-hybridized carbons (Fsp3) is 0.600.